The number of amides is 2. The molecule has 1 N–H and O–H groups in total. The number of rotatable bonds is 5. The van der Waals surface area contributed by atoms with Gasteiger partial charge in [-0.2, -0.15) is 5.10 Å². The molecule has 0 saturated carbocycles. The number of likely N-dealkylation sites (tertiary alicyclic amines) is 1. The average molecular weight is 489 g/mol. The molecule has 0 radical (unpaired) electrons. The third-order valence-electron chi connectivity index (χ3n) is 8.88. The summed E-state index contributed by atoms with van der Waals surface area (Å²) in [5.74, 6) is 1.12. The van der Waals surface area contributed by atoms with Gasteiger partial charge in [0.25, 0.3) is 0 Å². The van der Waals surface area contributed by atoms with Gasteiger partial charge >= 0.3 is 6.03 Å². The summed E-state index contributed by atoms with van der Waals surface area (Å²) in [5.41, 5.74) is 5.31. The number of nitrogens with zero attached hydrogens (tertiary/aromatic N) is 5. The van der Waals surface area contributed by atoms with Crippen LogP contribution in [0.15, 0.2) is 48.3 Å². The van der Waals surface area contributed by atoms with E-state index in [-0.39, 0.29) is 6.03 Å². The molecule has 4 fully saturated rings. The van der Waals surface area contributed by atoms with Crippen molar-refractivity contribution in [3.8, 4) is 0 Å². The fourth-order valence-corrected chi connectivity index (χ4v) is 6.81. The van der Waals surface area contributed by atoms with Gasteiger partial charge in [-0.05, 0) is 88.7 Å². The predicted octanol–water partition coefficient (Wildman–Crippen LogP) is 4.42. The Morgan fingerprint density at radius 3 is 2.64 bits per heavy atom. The van der Waals surface area contributed by atoms with Crippen molar-refractivity contribution in [3.63, 3.8) is 0 Å². The van der Waals surface area contributed by atoms with Crippen LogP contribution in [0.5, 0.6) is 0 Å². The van der Waals surface area contributed by atoms with Gasteiger partial charge in [0.15, 0.2) is 0 Å². The van der Waals surface area contributed by atoms with Gasteiger partial charge in [0, 0.05) is 56.1 Å². The number of anilines is 1. The third-order valence-corrected chi connectivity index (χ3v) is 8.88. The quantitative estimate of drug-likeness (QED) is 0.677. The van der Waals surface area contributed by atoms with E-state index in [1.807, 2.05) is 18.0 Å². The molecule has 7 nitrogen and oxygen atoms in total. The summed E-state index contributed by atoms with van der Waals surface area (Å²) in [7, 11) is 0. The van der Waals surface area contributed by atoms with Crippen LogP contribution in [0.3, 0.4) is 0 Å². The highest BCUT2D eigenvalue weighted by atomic mass is 16.2. The van der Waals surface area contributed by atoms with Crippen molar-refractivity contribution in [2.45, 2.75) is 70.5 Å². The van der Waals surface area contributed by atoms with Crippen LogP contribution >= 0.6 is 0 Å². The number of nitrogens with one attached hydrogen (secondary N) is 1. The highest BCUT2D eigenvalue weighted by Gasteiger charge is 2.46. The van der Waals surface area contributed by atoms with Crippen LogP contribution in [0.2, 0.25) is 0 Å². The number of carbonyl (C=O) groups is 1. The van der Waals surface area contributed by atoms with E-state index < -0.39 is 0 Å². The molecule has 2 aromatic rings. The van der Waals surface area contributed by atoms with Crippen LogP contribution in [-0.4, -0.2) is 76.3 Å². The van der Waals surface area contributed by atoms with Gasteiger partial charge in [-0.3, -0.25) is 0 Å². The largest absolute Gasteiger partial charge is 0.360 e. The van der Waals surface area contributed by atoms with E-state index in [1.165, 1.54) is 42.7 Å². The second-order valence-electron chi connectivity index (χ2n) is 11.3. The Bertz CT molecular complexity index is 1160. The first-order valence-electron chi connectivity index (χ1n) is 13.9. The molecule has 7 heteroatoms. The lowest BCUT2D eigenvalue weighted by atomic mass is 9.82. The molecular weight excluding hydrogens is 448 g/mol. The van der Waals surface area contributed by atoms with E-state index in [0.29, 0.717) is 36.5 Å². The maximum atomic E-state index is 12.3. The fourth-order valence-electron chi connectivity index (χ4n) is 6.81. The van der Waals surface area contributed by atoms with E-state index in [4.69, 9.17) is 0 Å². The number of piperidine rings is 2. The molecule has 0 spiro atoms. The van der Waals surface area contributed by atoms with Crippen molar-refractivity contribution in [1.82, 2.24) is 24.7 Å². The molecular formula is C29H40N6O. The maximum Gasteiger partial charge on any atom is 0.317 e. The average Bonchev–Trinajstić information content (AvgIpc) is 3.34. The van der Waals surface area contributed by atoms with Crippen LogP contribution in [0, 0.1) is 5.92 Å². The Hall–Kier alpha value is -2.80. The number of aromatic nitrogens is 2. The van der Waals surface area contributed by atoms with E-state index in [1.54, 1.807) is 5.57 Å². The number of carbonyl (C=O) groups excluding carboxylic acids is 1. The first-order chi connectivity index (χ1) is 17.5. The minimum absolute atomic E-state index is 0.0682. The molecule has 4 saturated heterocycles. The Labute approximate surface area is 214 Å². The molecule has 7 rings (SSSR count). The molecule has 192 valence electrons. The van der Waals surface area contributed by atoms with Gasteiger partial charge in [0.05, 0.1) is 11.2 Å². The molecule has 0 aromatic carbocycles. The van der Waals surface area contributed by atoms with Crippen molar-refractivity contribution in [3.05, 3.63) is 53.9 Å². The van der Waals surface area contributed by atoms with Crippen LogP contribution in [0.1, 0.15) is 57.9 Å². The Balaban J connectivity index is 1.14. The van der Waals surface area contributed by atoms with Crippen molar-refractivity contribution in [1.29, 1.82) is 0 Å². The third kappa shape index (κ3) is 4.21. The van der Waals surface area contributed by atoms with Gasteiger partial charge in [-0.1, -0.05) is 18.2 Å². The highest BCUT2D eigenvalue weighted by Crippen LogP contribution is 2.40. The minimum atomic E-state index is 0.0682. The number of piperazine rings is 1. The Kier molecular flexibility index (Phi) is 6.28. The molecule has 5 aliphatic rings. The van der Waals surface area contributed by atoms with E-state index >= 15 is 0 Å². The van der Waals surface area contributed by atoms with Crippen molar-refractivity contribution < 1.29 is 4.79 Å². The lowest BCUT2D eigenvalue weighted by Crippen LogP contribution is -2.70. The molecule has 1 aliphatic carbocycles. The molecule has 4 aliphatic heterocycles. The molecule has 36 heavy (non-hydrogen) atoms. The summed E-state index contributed by atoms with van der Waals surface area (Å²) in [6.07, 6.45) is 16.2. The molecule has 2 bridgehead atoms. The monoisotopic (exact) mass is 488 g/mol. The zero-order valence-corrected chi connectivity index (χ0v) is 21.9. The fraction of sp³-hybridized carbons (Fsp3) is 0.586. The zero-order valence-electron chi connectivity index (χ0n) is 21.9. The van der Waals surface area contributed by atoms with E-state index in [0.717, 1.165) is 25.9 Å². The second kappa shape index (κ2) is 9.58. The maximum absolute atomic E-state index is 12.3. The minimum Gasteiger partial charge on any atom is -0.360 e. The number of allylic oxidation sites excluding steroid dienone is 4. The van der Waals surface area contributed by atoms with Crippen molar-refractivity contribution >= 4 is 17.2 Å². The first kappa shape index (κ1) is 23.6. The normalized spacial score (nSPS) is 26.9. The summed E-state index contributed by atoms with van der Waals surface area (Å²) in [5, 5.41) is 7.59. The van der Waals surface area contributed by atoms with Gasteiger partial charge < -0.3 is 20.0 Å². The number of fused-ring (bicyclic) bond motifs is 3. The summed E-state index contributed by atoms with van der Waals surface area (Å²) < 4.78 is 2.05. The van der Waals surface area contributed by atoms with E-state index in [2.05, 4.69) is 75.1 Å². The summed E-state index contributed by atoms with van der Waals surface area (Å²) in [6, 6.07) is 5.99. The van der Waals surface area contributed by atoms with Crippen LogP contribution in [-0.2, 0) is 0 Å². The standard InChI is InChI=1S/C29H40N6O/c1-4-30-29(36)33-18-25-16-26(19-33)35(25)27-9-12-31-34-17-24(15-28(27)34)22-7-5-21(6-8-22)23-10-13-32(14-11-23)20(2)3/h5-7,9,12,15,17,20,22-23,25-26H,4,8,10-11,13-14,16,18-19H2,1-3H3,(H,30,36). The molecule has 2 aromatic heterocycles. The molecule has 6 heterocycles. The summed E-state index contributed by atoms with van der Waals surface area (Å²) in [6.45, 7) is 11.3. The van der Waals surface area contributed by atoms with Crippen LogP contribution in [0.4, 0.5) is 10.5 Å². The van der Waals surface area contributed by atoms with Gasteiger partial charge in [-0.15, -0.1) is 0 Å². The van der Waals surface area contributed by atoms with Gasteiger partial charge in [0.1, 0.15) is 0 Å². The highest BCUT2D eigenvalue weighted by molar-refractivity contribution is 5.78. The summed E-state index contributed by atoms with van der Waals surface area (Å²) in [4.78, 5) is 19.4. The van der Waals surface area contributed by atoms with Crippen LogP contribution < -0.4 is 10.2 Å². The van der Waals surface area contributed by atoms with E-state index in [9.17, 15) is 4.79 Å². The topological polar surface area (TPSA) is 56.1 Å². The summed E-state index contributed by atoms with van der Waals surface area (Å²) >= 11 is 0. The first-order valence-corrected chi connectivity index (χ1v) is 13.9. The zero-order chi connectivity index (χ0) is 24.8. The van der Waals surface area contributed by atoms with Gasteiger partial charge in [0.2, 0.25) is 0 Å². The smallest absolute Gasteiger partial charge is 0.317 e. The SMILES string of the molecule is CCNC(=O)N1CC2CC(C1)N2c1ccnn2cc(C3C=CC(C4CCN(C(C)C)CC4)=CC3)cc12. The molecule has 3 unspecified atom stereocenters. The number of hydrogen-bond acceptors (Lipinski definition) is 4. The molecule has 3 atom stereocenters. The lowest BCUT2D eigenvalue weighted by Gasteiger charge is -2.57. The number of hydrogen-bond donors (Lipinski definition) is 1. The lowest BCUT2D eigenvalue weighted by molar-refractivity contribution is 0.128. The number of urea groups is 1. The van der Waals surface area contributed by atoms with Gasteiger partial charge in [-0.25, -0.2) is 9.31 Å². The molecule has 2 amide bonds. The van der Waals surface area contributed by atoms with Crippen molar-refractivity contribution in [2.24, 2.45) is 5.92 Å². The second-order valence-corrected chi connectivity index (χ2v) is 11.3. The Morgan fingerprint density at radius 2 is 1.97 bits per heavy atom. The van der Waals surface area contributed by atoms with Crippen molar-refractivity contribution in [2.75, 3.05) is 37.6 Å². The Morgan fingerprint density at radius 1 is 1.19 bits per heavy atom. The predicted molar refractivity (Wildman–Crippen MR) is 145 cm³/mol. The van der Waals surface area contributed by atoms with Crippen LogP contribution in [0.25, 0.3) is 5.52 Å².